The van der Waals surface area contributed by atoms with Crippen LogP contribution in [0.15, 0.2) is 84.9 Å². The third-order valence-electron chi connectivity index (χ3n) is 4.60. The molecule has 4 aromatic rings. The van der Waals surface area contributed by atoms with Gasteiger partial charge in [-0.2, -0.15) is 9.97 Å². The lowest BCUT2D eigenvalue weighted by Gasteiger charge is -2.10. The smallest absolute Gasteiger partial charge is 0.328 e. The number of benzene rings is 3. The van der Waals surface area contributed by atoms with E-state index < -0.39 is 5.97 Å². The number of hydrogen-bond donors (Lipinski definition) is 2. The first-order valence-corrected chi connectivity index (χ1v) is 9.85. The van der Waals surface area contributed by atoms with Crippen LogP contribution in [0.5, 0.6) is 5.75 Å². The number of carboxylic acid groups (broad SMARTS) is 1. The van der Waals surface area contributed by atoms with Gasteiger partial charge < -0.3 is 15.2 Å². The Morgan fingerprint density at radius 2 is 1.47 bits per heavy atom. The van der Waals surface area contributed by atoms with Crippen LogP contribution in [0.3, 0.4) is 0 Å². The van der Waals surface area contributed by atoms with Gasteiger partial charge in [-0.15, -0.1) is 0 Å². The second kappa shape index (κ2) is 9.53. The van der Waals surface area contributed by atoms with Crippen molar-refractivity contribution < 1.29 is 14.6 Å². The van der Waals surface area contributed by atoms with Crippen LogP contribution in [0, 0.1) is 0 Å². The summed E-state index contributed by atoms with van der Waals surface area (Å²) in [4.78, 5) is 24.5. The maximum atomic E-state index is 10.7. The molecule has 1 heterocycles. The molecule has 3 aromatic carbocycles. The number of carboxylic acids is 1. The molecule has 7 nitrogen and oxygen atoms in total. The normalized spacial score (nSPS) is 10.8. The lowest BCUT2D eigenvalue weighted by Crippen LogP contribution is -2.03. The van der Waals surface area contributed by atoms with Crippen LogP contribution in [0.25, 0.3) is 28.9 Å². The fourth-order valence-corrected chi connectivity index (χ4v) is 2.99. The van der Waals surface area contributed by atoms with Gasteiger partial charge in [0.1, 0.15) is 5.75 Å². The van der Waals surface area contributed by atoms with Gasteiger partial charge in [0.2, 0.25) is 5.95 Å². The monoisotopic (exact) mass is 424 g/mol. The van der Waals surface area contributed by atoms with E-state index in [-0.39, 0.29) is 0 Å². The number of methoxy groups -OCH3 is 1. The number of hydrogen-bond acceptors (Lipinski definition) is 6. The molecule has 0 fully saturated rings. The van der Waals surface area contributed by atoms with Crippen molar-refractivity contribution in [3.8, 4) is 28.5 Å². The first-order valence-electron chi connectivity index (χ1n) is 9.85. The summed E-state index contributed by atoms with van der Waals surface area (Å²) in [5.41, 5.74) is 3.25. The van der Waals surface area contributed by atoms with Gasteiger partial charge in [0.05, 0.1) is 7.11 Å². The fraction of sp³-hybridized carbons (Fsp3) is 0.0400. The van der Waals surface area contributed by atoms with Crippen molar-refractivity contribution >= 4 is 23.7 Å². The molecule has 0 saturated heterocycles. The maximum Gasteiger partial charge on any atom is 0.328 e. The van der Waals surface area contributed by atoms with Crippen molar-refractivity contribution in [1.29, 1.82) is 0 Å². The second-order valence-corrected chi connectivity index (χ2v) is 6.82. The summed E-state index contributed by atoms with van der Waals surface area (Å²) in [6.45, 7) is 0. The number of anilines is 2. The van der Waals surface area contributed by atoms with E-state index in [1.165, 1.54) is 6.08 Å². The van der Waals surface area contributed by atoms with E-state index in [4.69, 9.17) is 9.84 Å². The summed E-state index contributed by atoms with van der Waals surface area (Å²) in [5, 5.41) is 12.0. The fourth-order valence-electron chi connectivity index (χ4n) is 2.99. The predicted molar refractivity (Wildman–Crippen MR) is 124 cm³/mol. The highest BCUT2D eigenvalue weighted by molar-refractivity contribution is 5.85. The minimum absolute atomic E-state index is 0.401. The molecule has 0 saturated carbocycles. The number of nitrogens with zero attached hydrogens (tertiary/aromatic N) is 3. The summed E-state index contributed by atoms with van der Waals surface area (Å²) in [5.74, 6) is 1.25. The maximum absolute atomic E-state index is 10.7. The Balaban J connectivity index is 1.68. The van der Waals surface area contributed by atoms with Gasteiger partial charge in [0, 0.05) is 22.9 Å². The largest absolute Gasteiger partial charge is 0.497 e. The third kappa shape index (κ3) is 5.14. The van der Waals surface area contributed by atoms with Crippen LogP contribution in [0.1, 0.15) is 5.56 Å². The van der Waals surface area contributed by atoms with Gasteiger partial charge in [-0.3, -0.25) is 0 Å². The van der Waals surface area contributed by atoms with Crippen molar-refractivity contribution in [2.24, 2.45) is 0 Å². The zero-order valence-electron chi connectivity index (χ0n) is 17.3. The molecule has 0 aliphatic carbocycles. The molecule has 0 radical (unpaired) electrons. The Kier molecular flexibility index (Phi) is 6.17. The average molecular weight is 424 g/mol. The van der Waals surface area contributed by atoms with Crippen LogP contribution >= 0.6 is 0 Å². The Morgan fingerprint density at radius 3 is 2.06 bits per heavy atom. The molecule has 0 unspecified atom stereocenters. The van der Waals surface area contributed by atoms with Crippen LogP contribution in [0.4, 0.5) is 11.6 Å². The van der Waals surface area contributed by atoms with Crippen LogP contribution in [-0.2, 0) is 4.79 Å². The highest BCUT2D eigenvalue weighted by Gasteiger charge is 2.11. The number of carbonyl (C=O) groups is 1. The Morgan fingerprint density at radius 1 is 0.844 bits per heavy atom. The van der Waals surface area contributed by atoms with Gasteiger partial charge in [-0.1, -0.05) is 42.5 Å². The first kappa shape index (κ1) is 20.7. The van der Waals surface area contributed by atoms with E-state index in [0.29, 0.717) is 17.6 Å². The molecule has 158 valence electrons. The molecule has 7 heteroatoms. The summed E-state index contributed by atoms with van der Waals surface area (Å²) in [6, 6.07) is 24.5. The molecule has 0 aliphatic heterocycles. The second-order valence-electron chi connectivity index (χ2n) is 6.82. The standard InChI is InChI=1S/C25H20N4O3/c1-32-21-14-10-19(11-15-21)24-27-23(18-5-3-2-4-6-18)28-25(29-24)26-20-12-7-17(8-13-20)9-16-22(30)31/h2-16H,1H3,(H,30,31)(H,26,27,28,29)/b16-9+. The molecule has 0 bridgehead atoms. The highest BCUT2D eigenvalue weighted by Crippen LogP contribution is 2.25. The van der Waals surface area contributed by atoms with Gasteiger partial charge in [0.25, 0.3) is 0 Å². The minimum atomic E-state index is -0.989. The Hall–Kier alpha value is -4.52. The molecule has 4 rings (SSSR count). The first-order chi connectivity index (χ1) is 15.6. The molecular weight excluding hydrogens is 404 g/mol. The molecule has 0 aliphatic rings. The number of aliphatic carboxylic acids is 1. The highest BCUT2D eigenvalue weighted by atomic mass is 16.5. The average Bonchev–Trinajstić information content (AvgIpc) is 2.84. The number of ether oxygens (including phenoxy) is 1. The van der Waals surface area contributed by atoms with Gasteiger partial charge >= 0.3 is 5.97 Å². The summed E-state index contributed by atoms with van der Waals surface area (Å²) in [6.07, 6.45) is 2.63. The summed E-state index contributed by atoms with van der Waals surface area (Å²) >= 11 is 0. The van der Waals surface area contributed by atoms with E-state index in [9.17, 15) is 4.79 Å². The molecule has 0 atom stereocenters. The van der Waals surface area contributed by atoms with Crippen LogP contribution in [-0.4, -0.2) is 33.1 Å². The van der Waals surface area contributed by atoms with E-state index in [1.54, 1.807) is 7.11 Å². The predicted octanol–water partition coefficient (Wildman–Crippen LogP) is 5.06. The lowest BCUT2D eigenvalue weighted by atomic mass is 10.2. The number of rotatable bonds is 7. The van der Waals surface area contributed by atoms with Crippen molar-refractivity contribution in [3.05, 3.63) is 90.5 Å². The van der Waals surface area contributed by atoms with Gasteiger partial charge in [0.15, 0.2) is 11.6 Å². The van der Waals surface area contributed by atoms with Crippen molar-refractivity contribution in [1.82, 2.24) is 15.0 Å². The topological polar surface area (TPSA) is 97.2 Å². The SMILES string of the molecule is COc1ccc(-c2nc(Nc3ccc(/C=C/C(=O)O)cc3)nc(-c3ccccc3)n2)cc1. The van der Waals surface area contributed by atoms with Crippen molar-refractivity contribution in [2.45, 2.75) is 0 Å². The number of nitrogens with one attached hydrogen (secondary N) is 1. The van der Waals surface area contributed by atoms with Crippen LogP contribution < -0.4 is 10.1 Å². The quantitative estimate of drug-likeness (QED) is 0.400. The van der Waals surface area contributed by atoms with E-state index in [0.717, 1.165) is 34.2 Å². The number of aromatic nitrogens is 3. The molecule has 2 N–H and O–H groups in total. The van der Waals surface area contributed by atoms with Gasteiger partial charge in [-0.05, 0) is 48.0 Å². The van der Waals surface area contributed by atoms with E-state index in [1.807, 2.05) is 78.9 Å². The zero-order chi connectivity index (χ0) is 22.3. The lowest BCUT2D eigenvalue weighted by molar-refractivity contribution is -0.131. The summed E-state index contributed by atoms with van der Waals surface area (Å²) in [7, 11) is 1.62. The van der Waals surface area contributed by atoms with Crippen molar-refractivity contribution in [3.63, 3.8) is 0 Å². The molecular formula is C25H20N4O3. The Labute approximate surface area is 185 Å². The van der Waals surface area contributed by atoms with Crippen LogP contribution in [0.2, 0.25) is 0 Å². The van der Waals surface area contributed by atoms with Gasteiger partial charge in [-0.25, -0.2) is 9.78 Å². The molecule has 32 heavy (non-hydrogen) atoms. The minimum Gasteiger partial charge on any atom is -0.497 e. The zero-order valence-corrected chi connectivity index (χ0v) is 17.3. The third-order valence-corrected chi connectivity index (χ3v) is 4.60. The molecule has 1 aromatic heterocycles. The molecule has 0 amide bonds. The molecule has 0 spiro atoms. The van der Waals surface area contributed by atoms with E-state index in [2.05, 4.69) is 20.3 Å². The summed E-state index contributed by atoms with van der Waals surface area (Å²) < 4.78 is 5.24. The van der Waals surface area contributed by atoms with Crippen molar-refractivity contribution in [2.75, 3.05) is 12.4 Å². The Bertz CT molecular complexity index is 1240. The van der Waals surface area contributed by atoms with E-state index >= 15 is 0 Å².